The standard InChI is InChI=1S/C12H14N4O3/c1-8-11(7-13-2)12(17)14-15(8)9-3-5-10(6-4-9)16(18)19/h3-6,13H,7H2,1-2H3,(H,14,17). The molecule has 1 aromatic heterocycles. The summed E-state index contributed by atoms with van der Waals surface area (Å²) in [4.78, 5) is 21.9. The Balaban J connectivity index is 2.45. The van der Waals surface area contributed by atoms with Crippen molar-refractivity contribution in [2.75, 3.05) is 7.05 Å². The molecule has 0 aliphatic rings. The molecule has 1 aromatic carbocycles. The second-order valence-electron chi connectivity index (χ2n) is 4.14. The van der Waals surface area contributed by atoms with Crippen molar-refractivity contribution in [3.63, 3.8) is 0 Å². The molecule has 2 aromatic rings. The summed E-state index contributed by atoms with van der Waals surface area (Å²) >= 11 is 0. The van der Waals surface area contributed by atoms with Crippen LogP contribution in [-0.2, 0) is 6.54 Å². The molecule has 0 bridgehead atoms. The first-order chi connectivity index (χ1) is 9.04. The van der Waals surface area contributed by atoms with Gasteiger partial charge in [0.2, 0.25) is 0 Å². The second kappa shape index (κ2) is 5.07. The Morgan fingerprint density at radius 2 is 2.00 bits per heavy atom. The van der Waals surface area contributed by atoms with Crippen molar-refractivity contribution in [3.8, 4) is 5.69 Å². The average Bonchev–Trinajstić information content (AvgIpc) is 2.67. The van der Waals surface area contributed by atoms with E-state index in [-0.39, 0.29) is 11.2 Å². The number of nitrogens with one attached hydrogen (secondary N) is 2. The number of H-pyrrole nitrogens is 1. The molecule has 0 fully saturated rings. The Kier molecular flexibility index (Phi) is 3.48. The van der Waals surface area contributed by atoms with Crippen LogP contribution in [0.2, 0.25) is 0 Å². The van der Waals surface area contributed by atoms with Gasteiger partial charge in [0.15, 0.2) is 0 Å². The maximum atomic E-state index is 11.8. The van der Waals surface area contributed by atoms with Crippen molar-refractivity contribution < 1.29 is 4.92 Å². The summed E-state index contributed by atoms with van der Waals surface area (Å²) in [5.41, 5.74) is 1.98. The lowest BCUT2D eigenvalue weighted by molar-refractivity contribution is -0.384. The molecule has 7 heteroatoms. The highest BCUT2D eigenvalue weighted by molar-refractivity contribution is 5.41. The summed E-state index contributed by atoms with van der Waals surface area (Å²) < 4.78 is 1.62. The third-order valence-corrected chi connectivity index (χ3v) is 2.93. The van der Waals surface area contributed by atoms with E-state index in [4.69, 9.17) is 0 Å². The maximum Gasteiger partial charge on any atom is 0.269 e. The number of aromatic nitrogens is 2. The molecule has 0 atom stereocenters. The van der Waals surface area contributed by atoms with Gasteiger partial charge in [0.05, 0.1) is 16.2 Å². The van der Waals surface area contributed by atoms with Gasteiger partial charge in [-0.1, -0.05) is 0 Å². The fourth-order valence-electron chi connectivity index (χ4n) is 1.92. The minimum Gasteiger partial charge on any atom is -0.315 e. The molecule has 0 saturated heterocycles. The van der Waals surface area contributed by atoms with E-state index in [1.54, 1.807) is 23.9 Å². The molecule has 2 rings (SSSR count). The molecule has 0 amide bonds. The molecule has 0 radical (unpaired) electrons. The van der Waals surface area contributed by atoms with Crippen LogP contribution in [0.25, 0.3) is 5.69 Å². The monoisotopic (exact) mass is 262 g/mol. The number of nitro benzene ring substituents is 1. The molecule has 0 saturated carbocycles. The third-order valence-electron chi connectivity index (χ3n) is 2.93. The zero-order chi connectivity index (χ0) is 14.0. The van der Waals surface area contributed by atoms with E-state index in [2.05, 4.69) is 10.4 Å². The van der Waals surface area contributed by atoms with Crippen LogP contribution in [0, 0.1) is 17.0 Å². The van der Waals surface area contributed by atoms with Crippen molar-refractivity contribution >= 4 is 5.69 Å². The first-order valence-electron chi connectivity index (χ1n) is 5.74. The van der Waals surface area contributed by atoms with Crippen LogP contribution >= 0.6 is 0 Å². The Morgan fingerprint density at radius 1 is 1.37 bits per heavy atom. The summed E-state index contributed by atoms with van der Waals surface area (Å²) in [7, 11) is 1.77. The van der Waals surface area contributed by atoms with Gasteiger partial charge < -0.3 is 5.32 Å². The summed E-state index contributed by atoms with van der Waals surface area (Å²) in [5, 5.41) is 16.2. The number of nitro groups is 1. The molecule has 0 aliphatic heterocycles. The minimum atomic E-state index is -0.457. The number of benzene rings is 1. The lowest BCUT2D eigenvalue weighted by Gasteiger charge is -2.05. The lowest BCUT2D eigenvalue weighted by Crippen LogP contribution is -2.14. The van der Waals surface area contributed by atoms with Gasteiger partial charge in [-0.2, -0.15) is 0 Å². The predicted octanol–water partition coefficient (Wildman–Crippen LogP) is 1.10. The van der Waals surface area contributed by atoms with E-state index in [1.165, 1.54) is 12.1 Å². The van der Waals surface area contributed by atoms with Crippen molar-refractivity contribution in [2.24, 2.45) is 0 Å². The maximum absolute atomic E-state index is 11.8. The smallest absolute Gasteiger partial charge is 0.269 e. The van der Waals surface area contributed by atoms with Crippen LogP contribution in [0.15, 0.2) is 29.1 Å². The Labute approximate surface area is 109 Å². The van der Waals surface area contributed by atoms with Crippen molar-refractivity contribution in [1.29, 1.82) is 0 Å². The average molecular weight is 262 g/mol. The predicted molar refractivity (Wildman–Crippen MR) is 70.5 cm³/mol. The van der Waals surface area contributed by atoms with Gasteiger partial charge in [-0.3, -0.25) is 24.7 Å². The quantitative estimate of drug-likeness (QED) is 0.637. The van der Waals surface area contributed by atoms with Gasteiger partial charge >= 0.3 is 0 Å². The molecule has 0 unspecified atom stereocenters. The number of aromatic amines is 1. The van der Waals surface area contributed by atoms with E-state index in [9.17, 15) is 14.9 Å². The van der Waals surface area contributed by atoms with Gasteiger partial charge in [0.25, 0.3) is 11.2 Å². The van der Waals surface area contributed by atoms with E-state index in [0.717, 1.165) is 5.69 Å². The SMILES string of the molecule is CNCc1c(C)n(-c2ccc([N+](=O)[O-])cc2)[nH]c1=O. The van der Waals surface area contributed by atoms with Crippen molar-refractivity contribution in [1.82, 2.24) is 15.1 Å². The van der Waals surface area contributed by atoms with Crippen LogP contribution in [0.4, 0.5) is 5.69 Å². The number of non-ortho nitro benzene ring substituents is 1. The van der Waals surface area contributed by atoms with Gasteiger partial charge in [-0.05, 0) is 26.1 Å². The first kappa shape index (κ1) is 13.0. The number of nitrogens with zero attached hydrogens (tertiary/aromatic N) is 2. The topological polar surface area (TPSA) is 93.0 Å². The van der Waals surface area contributed by atoms with Crippen LogP contribution in [0.3, 0.4) is 0 Å². The Hall–Kier alpha value is -2.41. The third kappa shape index (κ3) is 2.41. The lowest BCUT2D eigenvalue weighted by atomic mass is 10.2. The normalized spacial score (nSPS) is 10.6. The molecule has 100 valence electrons. The Bertz CT molecular complexity index is 655. The number of rotatable bonds is 4. The molecule has 1 heterocycles. The highest BCUT2D eigenvalue weighted by Gasteiger charge is 2.12. The van der Waals surface area contributed by atoms with E-state index in [1.807, 2.05) is 6.92 Å². The highest BCUT2D eigenvalue weighted by atomic mass is 16.6. The van der Waals surface area contributed by atoms with Gasteiger partial charge in [0, 0.05) is 24.4 Å². The van der Waals surface area contributed by atoms with E-state index >= 15 is 0 Å². The minimum absolute atomic E-state index is 0.0198. The summed E-state index contributed by atoms with van der Waals surface area (Å²) in [6.07, 6.45) is 0. The number of hydrogen-bond acceptors (Lipinski definition) is 4. The van der Waals surface area contributed by atoms with Crippen LogP contribution < -0.4 is 10.9 Å². The van der Waals surface area contributed by atoms with Crippen molar-refractivity contribution in [2.45, 2.75) is 13.5 Å². The molecule has 19 heavy (non-hydrogen) atoms. The zero-order valence-electron chi connectivity index (χ0n) is 10.6. The molecule has 0 spiro atoms. The highest BCUT2D eigenvalue weighted by Crippen LogP contribution is 2.16. The van der Waals surface area contributed by atoms with Crippen LogP contribution in [0.1, 0.15) is 11.3 Å². The fraction of sp³-hybridized carbons (Fsp3) is 0.250. The van der Waals surface area contributed by atoms with E-state index in [0.29, 0.717) is 17.8 Å². The van der Waals surface area contributed by atoms with Crippen molar-refractivity contribution in [3.05, 3.63) is 56.0 Å². The van der Waals surface area contributed by atoms with Crippen LogP contribution in [-0.4, -0.2) is 21.8 Å². The summed E-state index contributed by atoms with van der Waals surface area (Å²) in [5.74, 6) is 0. The fourth-order valence-corrected chi connectivity index (χ4v) is 1.92. The largest absolute Gasteiger partial charge is 0.315 e. The molecule has 7 nitrogen and oxygen atoms in total. The first-order valence-corrected chi connectivity index (χ1v) is 5.74. The zero-order valence-corrected chi connectivity index (χ0v) is 10.6. The van der Waals surface area contributed by atoms with Gasteiger partial charge in [-0.25, -0.2) is 0 Å². The Morgan fingerprint density at radius 3 is 2.53 bits per heavy atom. The second-order valence-corrected chi connectivity index (χ2v) is 4.14. The molecular formula is C12H14N4O3. The molecular weight excluding hydrogens is 248 g/mol. The van der Waals surface area contributed by atoms with E-state index < -0.39 is 4.92 Å². The molecule has 2 N–H and O–H groups in total. The van der Waals surface area contributed by atoms with Gasteiger partial charge in [0.1, 0.15) is 0 Å². The molecule has 0 aliphatic carbocycles. The van der Waals surface area contributed by atoms with Crippen LogP contribution in [0.5, 0.6) is 0 Å². The summed E-state index contributed by atoms with van der Waals surface area (Å²) in [6, 6.07) is 6.02. The van der Waals surface area contributed by atoms with Gasteiger partial charge in [-0.15, -0.1) is 0 Å². The summed E-state index contributed by atoms with van der Waals surface area (Å²) in [6.45, 7) is 2.30. The number of hydrogen-bond donors (Lipinski definition) is 2.